The van der Waals surface area contributed by atoms with Gasteiger partial charge < -0.3 is 10.6 Å². The van der Waals surface area contributed by atoms with Gasteiger partial charge in [-0.3, -0.25) is 0 Å². The van der Waals surface area contributed by atoms with Crippen LogP contribution in [-0.2, 0) is 6.42 Å². The summed E-state index contributed by atoms with van der Waals surface area (Å²) in [5.74, 6) is -1.57. The van der Waals surface area contributed by atoms with E-state index in [-0.39, 0.29) is 0 Å². The van der Waals surface area contributed by atoms with Crippen molar-refractivity contribution in [1.82, 2.24) is 10.6 Å². The number of benzene rings is 1. The van der Waals surface area contributed by atoms with Gasteiger partial charge in [-0.1, -0.05) is 19.9 Å². The number of halogens is 2. The van der Waals surface area contributed by atoms with Crippen molar-refractivity contribution in [3.8, 4) is 0 Å². The maximum absolute atomic E-state index is 13.0. The van der Waals surface area contributed by atoms with Crippen LogP contribution in [0.5, 0.6) is 0 Å². The average Bonchev–Trinajstić information content (AvgIpc) is 2.31. The molecule has 0 radical (unpaired) electrons. The average molecular weight is 256 g/mol. The first-order valence-corrected chi connectivity index (χ1v) is 6.39. The van der Waals surface area contributed by atoms with Crippen molar-refractivity contribution in [2.24, 2.45) is 0 Å². The van der Waals surface area contributed by atoms with Crippen LogP contribution in [0.2, 0.25) is 0 Å². The largest absolute Gasteiger partial charge is 0.313 e. The third kappa shape index (κ3) is 5.56. The van der Waals surface area contributed by atoms with Crippen LogP contribution in [0.3, 0.4) is 0 Å². The molecule has 2 nitrogen and oxygen atoms in total. The highest BCUT2D eigenvalue weighted by Crippen LogP contribution is 2.08. The Bertz CT molecular complexity index is 367. The number of rotatable bonds is 7. The summed E-state index contributed by atoms with van der Waals surface area (Å²) in [5.41, 5.74) is 0.811. The molecule has 0 aromatic heterocycles. The Morgan fingerprint density at radius 2 is 1.78 bits per heavy atom. The van der Waals surface area contributed by atoms with E-state index in [1.165, 1.54) is 12.1 Å². The molecular weight excluding hydrogens is 234 g/mol. The maximum atomic E-state index is 13.0. The minimum absolute atomic E-state index is 0.359. The molecule has 0 amide bonds. The quantitative estimate of drug-likeness (QED) is 0.783. The highest BCUT2D eigenvalue weighted by molar-refractivity contribution is 5.18. The summed E-state index contributed by atoms with van der Waals surface area (Å²) in [6, 6.07) is 4.89. The van der Waals surface area contributed by atoms with E-state index in [9.17, 15) is 8.78 Å². The molecule has 0 aliphatic rings. The van der Waals surface area contributed by atoms with Crippen molar-refractivity contribution in [1.29, 1.82) is 0 Å². The second-order valence-electron chi connectivity index (χ2n) is 4.92. The predicted octanol–water partition coefficient (Wildman–Crippen LogP) is 2.48. The monoisotopic (exact) mass is 256 g/mol. The van der Waals surface area contributed by atoms with E-state index in [1.54, 1.807) is 6.07 Å². The molecule has 0 bridgehead atoms. The van der Waals surface area contributed by atoms with Crippen LogP contribution in [0, 0.1) is 11.6 Å². The minimum Gasteiger partial charge on any atom is -0.313 e. The first kappa shape index (κ1) is 15.1. The number of hydrogen-bond donors (Lipinski definition) is 2. The van der Waals surface area contributed by atoms with Crippen LogP contribution in [0.1, 0.15) is 26.3 Å². The van der Waals surface area contributed by atoms with E-state index in [0.717, 1.165) is 18.7 Å². The van der Waals surface area contributed by atoms with Crippen LogP contribution in [-0.4, -0.2) is 25.2 Å². The molecule has 102 valence electrons. The van der Waals surface area contributed by atoms with Gasteiger partial charge in [0.1, 0.15) is 0 Å². The Morgan fingerprint density at radius 1 is 1.06 bits per heavy atom. The molecule has 1 unspecified atom stereocenters. The molecule has 0 saturated carbocycles. The lowest BCUT2D eigenvalue weighted by Crippen LogP contribution is -2.39. The van der Waals surface area contributed by atoms with Gasteiger partial charge in [-0.15, -0.1) is 0 Å². The van der Waals surface area contributed by atoms with Crippen LogP contribution >= 0.6 is 0 Å². The number of nitrogens with one attached hydrogen (secondary N) is 2. The molecule has 0 saturated heterocycles. The van der Waals surface area contributed by atoms with Crippen molar-refractivity contribution in [2.45, 2.75) is 39.3 Å². The molecule has 4 heteroatoms. The van der Waals surface area contributed by atoms with Gasteiger partial charge in [0.15, 0.2) is 11.6 Å². The summed E-state index contributed by atoms with van der Waals surface area (Å²) in [4.78, 5) is 0. The van der Waals surface area contributed by atoms with E-state index in [4.69, 9.17) is 0 Å². The van der Waals surface area contributed by atoms with Crippen LogP contribution < -0.4 is 10.6 Å². The molecule has 1 aromatic rings. The van der Waals surface area contributed by atoms with Crippen molar-refractivity contribution >= 4 is 0 Å². The van der Waals surface area contributed by atoms with E-state index >= 15 is 0 Å². The maximum Gasteiger partial charge on any atom is 0.159 e. The second-order valence-corrected chi connectivity index (χ2v) is 4.92. The SMILES string of the molecule is CC(C)NCC(C)NCCc1ccc(F)c(F)c1. The minimum atomic E-state index is -0.791. The first-order chi connectivity index (χ1) is 8.49. The summed E-state index contributed by atoms with van der Waals surface area (Å²) in [5, 5.41) is 6.68. The van der Waals surface area contributed by atoms with Gasteiger partial charge in [0.05, 0.1) is 0 Å². The van der Waals surface area contributed by atoms with Crippen LogP contribution in [0.25, 0.3) is 0 Å². The summed E-state index contributed by atoms with van der Waals surface area (Å²) in [6.07, 6.45) is 0.698. The van der Waals surface area contributed by atoms with Crippen molar-refractivity contribution < 1.29 is 8.78 Å². The van der Waals surface area contributed by atoms with E-state index in [2.05, 4.69) is 31.4 Å². The normalized spacial score (nSPS) is 13.0. The third-order valence-corrected chi connectivity index (χ3v) is 2.72. The summed E-state index contributed by atoms with van der Waals surface area (Å²) < 4.78 is 25.7. The number of hydrogen-bond acceptors (Lipinski definition) is 2. The lowest BCUT2D eigenvalue weighted by atomic mass is 10.1. The highest BCUT2D eigenvalue weighted by atomic mass is 19.2. The Labute approximate surface area is 108 Å². The Kier molecular flexibility index (Phi) is 6.22. The molecule has 0 aliphatic carbocycles. The lowest BCUT2D eigenvalue weighted by molar-refractivity contribution is 0.475. The zero-order chi connectivity index (χ0) is 13.5. The highest BCUT2D eigenvalue weighted by Gasteiger charge is 2.04. The fraction of sp³-hybridized carbons (Fsp3) is 0.571. The second kappa shape index (κ2) is 7.44. The Morgan fingerprint density at radius 3 is 2.39 bits per heavy atom. The molecule has 1 aromatic carbocycles. The van der Waals surface area contributed by atoms with Gasteiger partial charge in [-0.2, -0.15) is 0 Å². The Hall–Kier alpha value is -1.00. The van der Waals surface area contributed by atoms with Crippen molar-refractivity contribution in [3.05, 3.63) is 35.4 Å². The topological polar surface area (TPSA) is 24.1 Å². The Balaban J connectivity index is 2.26. The van der Waals surface area contributed by atoms with E-state index in [1.807, 2.05) is 0 Å². The molecule has 0 fully saturated rings. The summed E-state index contributed by atoms with van der Waals surface area (Å²) in [7, 11) is 0. The van der Waals surface area contributed by atoms with Crippen molar-refractivity contribution in [2.75, 3.05) is 13.1 Å². The predicted molar refractivity (Wildman–Crippen MR) is 70.7 cm³/mol. The van der Waals surface area contributed by atoms with Gasteiger partial charge in [-0.05, 0) is 37.6 Å². The molecule has 1 atom stereocenters. The van der Waals surface area contributed by atoms with Gasteiger partial charge in [0, 0.05) is 18.6 Å². The fourth-order valence-electron chi connectivity index (χ4n) is 1.64. The van der Waals surface area contributed by atoms with Crippen molar-refractivity contribution in [3.63, 3.8) is 0 Å². The molecular formula is C14H22F2N2. The molecule has 0 spiro atoms. The van der Waals surface area contributed by atoms with Gasteiger partial charge in [-0.25, -0.2) is 8.78 Å². The van der Waals surface area contributed by atoms with Crippen LogP contribution in [0.4, 0.5) is 8.78 Å². The van der Waals surface area contributed by atoms with Gasteiger partial charge in [0.2, 0.25) is 0 Å². The lowest BCUT2D eigenvalue weighted by Gasteiger charge is -2.16. The van der Waals surface area contributed by atoms with E-state index < -0.39 is 11.6 Å². The summed E-state index contributed by atoms with van der Waals surface area (Å²) in [6.45, 7) is 7.96. The van der Waals surface area contributed by atoms with Crippen LogP contribution in [0.15, 0.2) is 18.2 Å². The first-order valence-electron chi connectivity index (χ1n) is 6.39. The smallest absolute Gasteiger partial charge is 0.159 e. The zero-order valence-electron chi connectivity index (χ0n) is 11.3. The fourth-order valence-corrected chi connectivity index (χ4v) is 1.64. The van der Waals surface area contributed by atoms with Gasteiger partial charge >= 0.3 is 0 Å². The van der Waals surface area contributed by atoms with Gasteiger partial charge in [0.25, 0.3) is 0 Å². The third-order valence-electron chi connectivity index (χ3n) is 2.72. The molecule has 0 heterocycles. The molecule has 1 rings (SSSR count). The molecule has 0 aliphatic heterocycles. The molecule has 2 N–H and O–H groups in total. The summed E-state index contributed by atoms with van der Waals surface area (Å²) >= 11 is 0. The van der Waals surface area contributed by atoms with E-state index in [0.29, 0.717) is 18.5 Å². The molecule has 18 heavy (non-hydrogen) atoms. The zero-order valence-corrected chi connectivity index (χ0v) is 11.3. The standard InChI is InChI=1S/C14H22F2N2/c1-10(2)18-9-11(3)17-7-6-12-4-5-13(15)14(16)8-12/h4-5,8,10-11,17-18H,6-7,9H2,1-3H3.